The van der Waals surface area contributed by atoms with Crippen LogP contribution in [0.2, 0.25) is 0 Å². The molecular formula is C24H18FNO3. The van der Waals surface area contributed by atoms with Crippen LogP contribution < -0.4 is 5.32 Å². The van der Waals surface area contributed by atoms with Crippen LogP contribution in [-0.4, -0.2) is 23.0 Å². The van der Waals surface area contributed by atoms with Crippen molar-refractivity contribution in [3.05, 3.63) is 95.8 Å². The molecule has 0 spiro atoms. The number of carboxylic acid groups (broad SMARTS) is 1. The number of benzene rings is 4. The molecule has 4 aromatic carbocycles. The summed E-state index contributed by atoms with van der Waals surface area (Å²) in [6.07, 6.45) is 0.109. The standard InChI is InChI=1S/C24H18FNO3/c25-18-9-5-8-17(13-18)23(27)26-22(24(28)29)14-21-19-10-3-1-6-15(19)12-16-7-2-4-11-20(16)21/h1-13,22H,14H2,(H,26,27)(H,28,29)/t22-/m1/s1. The Kier molecular flexibility index (Phi) is 4.96. The van der Waals surface area contributed by atoms with Crippen molar-refractivity contribution in [3.8, 4) is 0 Å². The fourth-order valence-electron chi connectivity index (χ4n) is 3.60. The number of nitrogens with one attached hydrogen (secondary N) is 1. The number of rotatable bonds is 5. The molecule has 4 aromatic rings. The van der Waals surface area contributed by atoms with Gasteiger partial charge in [-0.2, -0.15) is 0 Å². The Bertz CT molecular complexity index is 1180. The van der Waals surface area contributed by atoms with Crippen molar-refractivity contribution in [2.45, 2.75) is 12.5 Å². The van der Waals surface area contributed by atoms with Crippen LogP contribution in [0.1, 0.15) is 15.9 Å². The van der Waals surface area contributed by atoms with E-state index >= 15 is 0 Å². The Balaban J connectivity index is 1.74. The number of fused-ring (bicyclic) bond motifs is 2. The van der Waals surface area contributed by atoms with Crippen molar-refractivity contribution in [2.75, 3.05) is 0 Å². The Labute approximate surface area is 166 Å². The molecule has 0 radical (unpaired) electrons. The van der Waals surface area contributed by atoms with Gasteiger partial charge in [-0.15, -0.1) is 0 Å². The molecule has 0 saturated carbocycles. The number of aliphatic carboxylic acids is 1. The molecule has 0 aliphatic carbocycles. The lowest BCUT2D eigenvalue weighted by atomic mass is 9.92. The SMILES string of the molecule is O=C(N[C@H](Cc1c2ccccc2cc2ccccc12)C(=O)O)c1cccc(F)c1. The number of amides is 1. The van der Waals surface area contributed by atoms with Crippen molar-refractivity contribution in [1.29, 1.82) is 0 Å². The third-order valence-corrected chi connectivity index (χ3v) is 4.98. The number of carbonyl (C=O) groups excluding carboxylic acids is 1. The van der Waals surface area contributed by atoms with E-state index in [0.29, 0.717) is 0 Å². The highest BCUT2D eigenvalue weighted by Crippen LogP contribution is 2.29. The van der Waals surface area contributed by atoms with Crippen LogP contribution in [0.3, 0.4) is 0 Å². The fraction of sp³-hybridized carbons (Fsp3) is 0.0833. The summed E-state index contributed by atoms with van der Waals surface area (Å²) in [6.45, 7) is 0. The maximum Gasteiger partial charge on any atom is 0.326 e. The van der Waals surface area contributed by atoms with Crippen LogP contribution in [0.15, 0.2) is 78.9 Å². The molecule has 0 aliphatic heterocycles. The second-order valence-corrected chi connectivity index (χ2v) is 6.88. The van der Waals surface area contributed by atoms with Gasteiger partial charge >= 0.3 is 5.97 Å². The van der Waals surface area contributed by atoms with E-state index in [4.69, 9.17) is 0 Å². The summed E-state index contributed by atoms with van der Waals surface area (Å²) in [7, 11) is 0. The van der Waals surface area contributed by atoms with E-state index in [9.17, 15) is 19.1 Å². The van der Waals surface area contributed by atoms with E-state index in [1.54, 1.807) is 0 Å². The Morgan fingerprint density at radius 3 is 2.07 bits per heavy atom. The number of carbonyl (C=O) groups is 2. The molecule has 0 aliphatic rings. The van der Waals surface area contributed by atoms with Gasteiger partial charge in [-0.3, -0.25) is 4.79 Å². The summed E-state index contributed by atoms with van der Waals surface area (Å²) in [5.41, 5.74) is 0.935. The number of halogens is 1. The number of hydrogen-bond acceptors (Lipinski definition) is 2. The Morgan fingerprint density at radius 2 is 1.48 bits per heavy atom. The molecule has 5 heteroatoms. The monoisotopic (exact) mass is 387 g/mol. The van der Waals surface area contributed by atoms with E-state index in [2.05, 4.69) is 11.4 Å². The van der Waals surface area contributed by atoms with Crippen LogP contribution in [0.5, 0.6) is 0 Å². The first-order valence-electron chi connectivity index (χ1n) is 9.21. The zero-order valence-corrected chi connectivity index (χ0v) is 15.4. The summed E-state index contributed by atoms with van der Waals surface area (Å²) in [6, 6.07) is 21.6. The van der Waals surface area contributed by atoms with Gasteiger partial charge in [0, 0.05) is 12.0 Å². The van der Waals surface area contributed by atoms with Gasteiger partial charge in [0.1, 0.15) is 11.9 Å². The highest BCUT2D eigenvalue weighted by molar-refractivity contribution is 6.03. The maximum atomic E-state index is 13.4. The van der Waals surface area contributed by atoms with E-state index in [1.165, 1.54) is 18.2 Å². The van der Waals surface area contributed by atoms with E-state index in [1.807, 2.05) is 48.5 Å². The Hall–Kier alpha value is -3.73. The molecule has 0 heterocycles. The van der Waals surface area contributed by atoms with Gasteiger partial charge in [-0.05, 0) is 51.4 Å². The molecule has 4 rings (SSSR count). The minimum absolute atomic E-state index is 0.0824. The van der Waals surface area contributed by atoms with E-state index < -0.39 is 23.7 Å². The molecule has 2 N–H and O–H groups in total. The molecule has 0 fully saturated rings. The largest absolute Gasteiger partial charge is 0.480 e. The number of hydrogen-bond donors (Lipinski definition) is 2. The predicted molar refractivity (Wildman–Crippen MR) is 110 cm³/mol. The first-order chi connectivity index (χ1) is 14.0. The van der Waals surface area contributed by atoms with Gasteiger partial charge in [-0.1, -0.05) is 54.6 Å². The van der Waals surface area contributed by atoms with Crippen molar-refractivity contribution < 1.29 is 19.1 Å². The van der Waals surface area contributed by atoms with Crippen molar-refractivity contribution >= 4 is 33.4 Å². The lowest BCUT2D eigenvalue weighted by molar-refractivity contribution is -0.139. The Morgan fingerprint density at radius 1 is 0.862 bits per heavy atom. The minimum atomic E-state index is -1.15. The van der Waals surface area contributed by atoms with Gasteiger partial charge in [0.15, 0.2) is 0 Å². The topological polar surface area (TPSA) is 66.4 Å². The summed E-state index contributed by atoms with van der Waals surface area (Å²) < 4.78 is 13.4. The van der Waals surface area contributed by atoms with Crippen LogP contribution >= 0.6 is 0 Å². The second kappa shape index (κ2) is 7.72. The fourth-order valence-corrected chi connectivity index (χ4v) is 3.60. The highest BCUT2D eigenvalue weighted by Gasteiger charge is 2.23. The zero-order valence-electron chi connectivity index (χ0n) is 15.4. The molecule has 0 saturated heterocycles. The molecule has 1 atom stereocenters. The quantitative estimate of drug-likeness (QED) is 0.494. The van der Waals surface area contributed by atoms with Crippen LogP contribution in [0, 0.1) is 5.82 Å². The van der Waals surface area contributed by atoms with Gasteiger partial charge in [-0.25, -0.2) is 9.18 Å². The average Bonchev–Trinajstić information content (AvgIpc) is 2.72. The normalized spacial score (nSPS) is 12.0. The average molecular weight is 387 g/mol. The molecule has 0 unspecified atom stereocenters. The third kappa shape index (κ3) is 3.80. The molecule has 4 nitrogen and oxygen atoms in total. The predicted octanol–water partition coefficient (Wildman–Crippen LogP) is 4.56. The third-order valence-electron chi connectivity index (χ3n) is 4.98. The molecule has 29 heavy (non-hydrogen) atoms. The lowest BCUT2D eigenvalue weighted by Gasteiger charge is -2.18. The summed E-state index contributed by atoms with van der Waals surface area (Å²) in [5.74, 6) is -2.32. The maximum absolute atomic E-state index is 13.4. The van der Waals surface area contributed by atoms with Crippen molar-refractivity contribution in [2.24, 2.45) is 0 Å². The first-order valence-corrected chi connectivity index (χ1v) is 9.21. The smallest absolute Gasteiger partial charge is 0.326 e. The van der Waals surface area contributed by atoms with Crippen molar-refractivity contribution in [1.82, 2.24) is 5.32 Å². The summed E-state index contributed by atoms with van der Waals surface area (Å²) in [4.78, 5) is 24.4. The molecular weight excluding hydrogens is 369 g/mol. The number of carboxylic acids is 1. The van der Waals surface area contributed by atoms with Crippen LogP contribution in [-0.2, 0) is 11.2 Å². The summed E-state index contributed by atoms with van der Waals surface area (Å²) in [5, 5.41) is 16.2. The summed E-state index contributed by atoms with van der Waals surface area (Å²) >= 11 is 0. The van der Waals surface area contributed by atoms with Gasteiger partial charge in [0.25, 0.3) is 5.91 Å². The van der Waals surface area contributed by atoms with E-state index in [-0.39, 0.29) is 12.0 Å². The van der Waals surface area contributed by atoms with Gasteiger partial charge in [0.2, 0.25) is 0 Å². The molecule has 0 bridgehead atoms. The highest BCUT2D eigenvalue weighted by atomic mass is 19.1. The zero-order chi connectivity index (χ0) is 20.4. The van der Waals surface area contributed by atoms with Gasteiger partial charge in [0.05, 0.1) is 0 Å². The second-order valence-electron chi connectivity index (χ2n) is 6.88. The molecule has 1 amide bonds. The van der Waals surface area contributed by atoms with Crippen LogP contribution in [0.25, 0.3) is 21.5 Å². The molecule has 144 valence electrons. The van der Waals surface area contributed by atoms with E-state index in [0.717, 1.165) is 33.2 Å². The minimum Gasteiger partial charge on any atom is -0.480 e. The first kappa shape index (κ1) is 18.6. The van der Waals surface area contributed by atoms with Crippen molar-refractivity contribution in [3.63, 3.8) is 0 Å². The van der Waals surface area contributed by atoms with Crippen LogP contribution in [0.4, 0.5) is 4.39 Å². The lowest BCUT2D eigenvalue weighted by Crippen LogP contribution is -2.42. The molecule has 0 aromatic heterocycles. The van der Waals surface area contributed by atoms with Gasteiger partial charge < -0.3 is 10.4 Å².